The van der Waals surface area contributed by atoms with Crippen LogP contribution in [0.2, 0.25) is 5.15 Å². The van der Waals surface area contributed by atoms with Crippen molar-refractivity contribution in [3.8, 4) is 0 Å². The van der Waals surface area contributed by atoms with E-state index in [9.17, 15) is 0 Å². The Kier molecular flexibility index (Phi) is 3.87. The normalized spacial score (nSPS) is 29.1. The first-order valence-electron chi connectivity index (χ1n) is 6.32. The second-order valence-corrected chi connectivity index (χ2v) is 5.62. The molecule has 4 heteroatoms. The summed E-state index contributed by atoms with van der Waals surface area (Å²) in [5, 5.41) is 3.99. The minimum Gasteiger partial charge on any atom is -0.367 e. The number of aromatic nitrogens is 2. The zero-order valence-electron chi connectivity index (χ0n) is 10.7. The summed E-state index contributed by atoms with van der Waals surface area (Å²) in [6.07, 6.45) is 3.71. The molecule has 1 N–H and O–H groups in total. The molecule has 0 amide bonds. The van der Waals surface area contributed by atoms with Gasteiger partial charge in [-0.05, 0) is 38.0 Å². The zero-order chi connectivity index (χ0) is 12.4. The highest BCUT2D eigenvalue weighted by molar-refractivity contribution is 6.29. The van der Waals surface area contributed by atoms with Crippen molar-refractivity contribution < 1.29 is 0 Å². The van der Waals surface area contributed by atoms with Crippen molar-refractivity contribution in [1.29, 1.82) is 0 Å². The van der Waals surface area contributed by atoms with Crippen molar-refractivity contribution in [2.75, 3.05) is 5.32 Å². The molecule has 0 bridgehead atoms. The van der Waals surface area contributed by atoms with Gasteiger partial charge < -0.3 is 5.32 Å². The second kappa shape index (κ2) is 5.21. The van der Waals surface area contributed by atoms with Crippen molar-refractivity contribution in [3.05, 3.63) is 17.0 Å². The van der Waals surface area contributed by atoms with Crippen LogP contribution in [0.1, 0.15) is 38.9 Å². The molecule has 1 aliphatic rings. The third-order valence-electron chi connectivity index (χ3n) is 3.76. The fraction of sp³-hybridized carbons (Fsp3) is 0.692. The van der Waals surface area contributed by atoms with Crippen LogP contribution in [-0.2, 0) is 0 Å². The number of hydrogen-bond acceptors (Lipinski definition) is 3. The number of halogens is 1. The number of aryl methyl sites for hydroxylation is 1. The average Bonchev–Trinajstić information content (AvgIpc) is 2.22. The highest BCUT2D eigenvalue weighted by Gasteiger charge is 2.24. The van der Waals surface area contributed by atoms with Gasteiger partial charge in [-0.2, -0.15) is 0 Å². The molecule has 17 heavy (non-hydrogen) atoms. The lowest BCUT2D eigenvalue weighted by atomic mass is 9.79. The van der Waals surface area contributed by atoms with Gasteiger partial charge in [0.15, 0.2) is 0 Å². The third kappa shape index (κ3) is 3.32. The maximum absolute atomic E-state index is 5.93. The van der Waals surface area contributed by atoms with E-state index in [-0.39, 0.29) is 0 Å². The van der Waals surface area contributed by atoms with Crippen LogP contribution in [0.15, 0.2) is 6.07 Å². The SMILES string of the molecule is Cc1nc(Cl)cc(NC2CCC(C)C(C)C2)n1. The molecule has 0 aliphatic heterocycles. The Hall–Kier alpha value is -0.830. The quantitative estimate of drug-likeness (QED) is 0.818. The fourth-order valence-corrected chi connectivity index (χ4v) is 2.72. The van der Waals surface area contributed by atoms with Crippen molar-refractivity contribution in [2.45, 2.75) is 46.1 Å². The number of nitrogens with one attached hydrogen (secondary N) is 1. The van der Waals surface area contributed by atoms with E-state index in [0.717, 1.165) is 23.5 Å². The van der Waals surface area contributed by atoms with Gasteiger partial charge in [-0.3, -0.25) is 0 Å². The molecular weight excluding hydrogens is 234 g/mol. The predicted octanol–water partition coefficient (Wildman–Crippen LogP) is 3.68. The van der Waals surface area contributed by atoms with E-state index in [0.29, 0.717) is 11.2 Å². The van der Waals surface area contributed by atoms with Gasteiger partial charge >= 0.3 is 0 Å². The molecule has 1 heterocycles. The molecule has 0 radical (unpaired) electrons. The molecule has 94 valence electrons. The molecule has 3 nitrogen and oxygen atoms in total. The summed E-state index contributed by atoms with van der Waals surface area (Å²) in [5.41, 5.74) is 0. The third-order valence-corrected chi connectivity index (χ3v) is 3.95. The lowest BCUT2D eigenvalue weighted by Crippen LogP contribution is -2.30. The molecule has 1 saturated carbocycles. The predicted molar refractivity (Wildman–Crippen MR) is 71.4 cm³/mol. The van der Waals surface area contributed by atoms with Crippen LogP contribution in [0.5, 0.6) is 0 Å². The van der Waals surface area contributed by atoms with Crippen LogP contribution in [-0.4, -0.2) is 16.0 Å². The Bertz CT molecular complexity index is 374. The minimum atomic E-state index is 0.511. The largest absolute Gasteiger partial charge is 0.367 e. The van der Waals surface area contributed by atoms with Crippen molar-refractivity contribution in [1.82, 2.24) is 9.97 Å². The Labute approximate surface area is 108 Å². The van der Waals surface area contributed by atoms with Gasteiger partial charge in [0.1, 0.15) is 16.8 Å². The van der Waals surface area contributed by atoms with Gasteiger partial charge in [0, 0.05) is 12.1 Å². The molecule has 1 aliphatic carbocycles. The van der Waals surface area contributed by atoms with Crippen LogP contribution in [0.4, 0.5) is 5.82 Å². The summed E-state index contributed by atoms with van der Waals surface area (Å²) in [6.45, 7) is 6.53. The molecule has 0 aromatic carbocycles. The van der Waals surface area contributed by atoms with Gasteiger partial charge in [0.05, 0.1) is 0 Å². The van der Waals surface area contributed by atoms with Crippen LogP contribution in [0.25, 0.3) is 0 Å². The van der Waals surface area contributed by atoms with Gasteiger partial charge in [-0.15, -0.1) is 0 Å². The molecule has 1 aromatic heterocycles. The molecule has 2 rings (SSSR count). The number of rotatable bonds is 2. The Morgan fingerprint density at radius 1 is 1.24 bits per heavy atom. The molecule has 1 fully saturated rings. The lowest BCUT2D eigenvalue weighted by Gasteiger charge is -2.32. The van der Waals surface area contributed by atoms with E-state index in [1.54, 1.807) is 6.07 Å². The van der Waals surface area contributed by atoms with Crippen molar-refractivity contribution in [2.24, 2.45) is 11.8 Å². The van der Waals surface area contributed by atoms with Crippen LogP contribution < -0.4 is 5.32 Å². The number of nitrogens with zero attached hydrogens (tertiary/aromatic N) is 2. The van der Waals surface area contributed by atoms with E-state index >= 15 is 0 Å². The van der Waals surface area contributed by atoms with Crippen LogP contribution >= 0.6 is 11.6 Å². The highest BCUT2D eigenvalue weighted by atomic mass is 35.5. The topological polar surface area (TPSA) is 37.8 Å². The Morgan fingerprint density at radius 2 is 2.00 bits per heavy atom. The first-order valence-corrected chi connectivity index (χ1v) is 6.70. The van der Waals surface area contributed by atoms with E-state index in [4.69, 9.17) is 11.6 Å². The minimum absolute atomic E-state index is 0.511. The van der Waals surface area contributed by atoms with Gasteiger partial charge in [-0.1, -0.05) is 25.4 Å². The fourth-order valence-electron chi connectivity index (χ4n) is 2.49. The van der Waals surface area contributed by atoms with E-state index < -0.39 is 0 Å². The summed E-state index contributed by atoms with van der Waals surface area (Å²) < 4.78 is 0. The number of anilines is 1. The highest BCUT2D eigenvalue weighted by Crippen LogP contribution is 2.30. The smallest absolute Gasteiger partial charge is 0.134 e. The van der Waals surface area contributed by atoms with Crippen molar-refractivity contribution >= 4 is 17.4 Å². The molecule has 3 atom stereocenters. The Morgan fingerprint density at radius 3 is 2.65 bits per heavy atom. The van der Waals surface area contributed by atoms with Crippen LogP contribution in [0.3, 0.4) is 0 Å². The standard InChI is InChI=1S/C13H20ClN3/c1-8-4-5-11(6-9(8)2)17-13-7-12(14)15-10(3)16-13/h7-9,11H,4-6H2,1-3H3,(H,15,16,17). The van der Waals surface area contributed by atoms with Gasteiger partial charge in [0.2, 0.25) is 0 Å². The maximum atomic E-state index is 5.93. The molecule has 0 saturated heterocycles. The van der Waals surface area contributed by atoms with E-state index in [1.165, 1.54) is 19.3 Å². The van der Waals surface area contributed by atoms with E-state index in [1.807, 2.05) is 6.92 Å². The molecule has 3 unspecified atom stereocenters. The molecule has 1 aromatic rings. The average molecular weight is 254 g/mol. The second-order valence-electron chi connectivity index (χ2n) is 5.23. The summed E-state index contributed by atoms with van der Waals surface area (Å²) in [5.74, 6) is 3.19. The zero-order valence-corrected chi connectivity index (χ0v) is 11.5. The summed E-state index contributed by atoms with van der Waals surface area (Å²) in [4.78, 5) is 8.43. The van der Waals surface area contributed by atoms with Gasteiger partial charge in [0.25, 0.3) is 0 Å². The van der Waals surface area contributed by atoms with Crippen molar-refractivity contribution in [3.63, 3.8) is 0 Å². The molecule has 0 spiro atoms. The monoisotopic (exact) mass is 253 g/mol. The molecular formula is C13H20ClN3. The number of hydrogen-bond donors (Lipinski definition) is 1. The first kappa shape index (κ1) is 12.6. The summed E-state index contributed by atoms with van der Waals surface area (Å²) in [7, 11) is 0. The lowest BCUT2D eigenvalue weighted by molar-refractivity contribution is 0.260. The summed E-state index contributed by atoms with van der Waals surface area (Å²) >= 11 is 5.93. The summed E-state index contributed by atoms with van der Waals surface area (Å²) in [6, 6.07) is 2.32. The first-order chi connectivity index (χ1) is 8.04. The Balaban J connectivity index is 2.01. The van der Waals surface area contributed by atoms with Gasteiger partial charge in [-0.25, -0.2) is 9.97 Å². The van der Waals surface area contributed by atoms with Crippen LogP contribution in [0, 0.1) is 18.8 Å². The maximum Gasteiger partial charge on any atom is 0.134 e. The van der Waals surface area contributed by atoms with E-state index in [2.05, 4.69) is 29.1 Å².